The van der Waals surface area contributed by atoms with E-state index in [1.165, 1.54) is 7.11 Å². The van der Waals surface area contributed by atoms with Crippen molar-refractivity contribution in [2.24, 2.45) is 0 Å². The van der Waals surface area contributed by atoms with E-state index < -0.39 is 18.1 Å². The lowest BCUT2D eigenvalue weighted by Gasteiger charge is -2.36. The molecule has 0 aromatic carbocycles. The van der Waals surface area contributed by atoms with Gasteiger partial charge in [0.15, 0.2) is 6.04 Å². The van der Waals surface area contributed by atoms with Gasteiger partial charge in [-0.15, -0.1) is 0 Å². The minimum atomic E-state index is -0.620. The Labute approximate surface area is 142 Å². The summed E-state index contributed by atoms with van der Waals surface area (Å²) in [6.45, 7) is 2.53. The highest BCUT2D eigenvalue weighted by Crippen LogP contribution is 2.25. The maximum absolute atomic E-state index is 11.9. The quantitative estimate of drug-likeness (QED) is 0.780. The van der Waals surface area contributed by atoms with Crippen LogP contribution >= 0.6 is 15.9 Å². The average molecular weight is 387 g/mol. The molecular weight excluding hydrogens is 368 g/mol. The molecule has 0 radical (unpaired) electrons. The van der Waals surface area contributed by atoms with Crippen LogP contribution in [0.15, 0.2) is 10.7 Å². The second kappa shape index (κ2) is 6.88. The molecule has 3 heterocycles. The lowest BCUT2D eigenvalue weighted by atomic mass is 10.0. The molecule has 1 amide bonds. The zero-order valence-corrected chi connectivity index (χ0v) is 14.4. The molecule has 2 aliphatic heterocycles. The van der Waals surface area contributed by atoms with Crippen molar-refractivity contribution in [1.82, 2.24) is 20.0 Å². The van der Waals surface area contributed by atoms with E-state index in [-0.39, 0.29) is 12.6 Å². The van der Waals surface area contributed by atoms with Gasteiger partial charge in [0.1, 0.15) is 6.61 Å². The molecule has 3 rings (SSSR count). The van der Waals surface area contributed by atoms with Crippen LogP contribution < -0.4 is 0 Å². The number of nitrogens with one attached hydrogen (secondary N) is 1. The zero-order chi connectivity index (χ0) is 16.4. The first-order valence-corrected chi connectivity index (χ1v) is 8.32. The van der Waals surface area contributed by atoms with Crippen molar-refractivity contribution in [3.63, 3.8) is 0 Å². The smallest absolute Gasteiger partial charge is 0.410 e. The monoisotopic (exact) mass is 386 g/mol. The van der Waals surface area contributed by atoms with E-state index in [0.29, 0.717) is 0 Å². The van der Waals surface area contributed by atoms with Crippen LogP contribution in [0.3, 0.4) is 0 Å². The highest BCUT2D eigenvalue weighted by atomic mass is 79.9. The van der Waals surface area contributed by atoms with Crippen molar-refractivity contribution in [3.05, 3.63) is 16.4 Å². The van der Waals surface area contributed by atoms with Crippen molar-refractivity contribution in [1.29, 1.82) is 0 Å². The summed E-state index contributed by atoms with van der Waals surface area (Å²) in [6, 6.07) is -0.610. The number of rotatable bonds is 4. The zero-order valence-electron chi connectivity index (χ0n) is 12.8. The van der Waals surface area contributed by atoms with Crippen molar-refractivity contribution in [3.8, 4) is 0 Å². The summed E-state index contributed by atoms with van der Waals surface area (Å²) in [4.78, 5) is 27.6. The second-order valence-electron chi connectivity index (χ2n) is 5.73. The normalized spacial score (nSPS) is 23.1. The number of hydrogen-bond acceptors (Lipinski definition) is 6. The molecule has 2 aliphatic rings. The molecule has 126 valence electrons. The van der Waals surface area contributed by atoms with Crippen molar-refractivity contribution in [2.75, 3.05) is 26.8 Å². The second-order valence-corrected chi connectivity index (χ2v) is 6.58. The molecule has 23 heavy (non-hydrogen) atoms. The van der Waals surface area contributed by atoms with Crippen LogP contribution in [0.4, 0.5) is 4.79 Å². The minimum Gasteiger partial charge on any atom is -0.467 e. The van der Waals surface area contributed by atoms with Gasteiger partial charge in [0, 0.05) is 25.7 Å². The number of hydrogen-bond donors (Lipinski definition) is 1. The third-order valence-corrected chi connectivity index (χ3v) is 5.07. The van der Waals surface area contributed by atoms with E-state index in [0.717, 1.165) is 42.6 Å². The van der Waals surface area contributed by atoms with Crippen LogP contribution in [-0.2, 0) is 20.8 Å². The van der Waals surface area contributed by atoms with E-state index in [9.17, 15) is 9.59 Å². The maximum atomic E-state index is 11.9. The summed E-state index contributed by atoms with van der Waals surface area (Å²) in [5, 5.41) is 6.97. The third-order valence-electron chi connectivity index (χ3n) is 4.38. The Morgan fingerprint density at radius 1 is 1.52 bits per heavy atom. The average Bonchev–Trinajstić information content (AvgIpc) is 3.14. The van der Waals surface area contributed by atoms with Crippen LogP contribution in [0.1, 0.15) is 18.5 Å². The maximum Gasteiger partial charge on any atom is 0.410 e. The summed E-state index contributed by atoms with van der Waals surface area (Å²) in [5.41, 5.74) is 1.04. The predicted molar refractivity (Wildman–Crippen MR) is 83.6 cm³/mol. The number of H-pyrrole nitrogens is 1. The van der Waals surface area contributed by atoms with Crippen molar-refractivity contribution < 1.29 is 19.1 Å². The number of ether oxygens (including phenoxy) is 2. The van der Waals surface area contributed by atoms with Crippen molar-refractivity contribution in [2.45, 2.75) is 31.5 Å². The van der Waals surface area contributed by atoms with Gasteiger partial charge in [0.2, 0.25) is 0 Å². The number of esters is 1. The molecule has 2 fully saturated rings. The Hall–Kier alpha value is -1.61. The Bertz CT molecular complexity index is 585. The lowest BCUT2D eigenvalue weighted by Crippen LogP contribution is -2.51. The van der Waals surface area contributed by atoms with Crippen LogP contribution in [0.2, 0.25) is 0 Å². The number of aromatic amines is 1. The molecule has 0 spiro atoms. The lowest BCUT2D eigenvalue weighted by molar-refractivity contribution is -0.146. The highest BCUT2D eigenvalue weighted by molar-refractivity contribution is 9.10. The largest absolute Gasteiger partial charge is 0.467 e. The van der Waals surface area contributed by atoms with E-state index in [1.807, 2.05) is 0 Å². The summed E-state index contributed by atoms with van der Waals surface area (Å²) in [6.07, 6.45) is 2.92. The molecule has 1 N–H and O–H groups in total. The first-order chi connectivity index (χ1) is 11.1. The molecule has 0 aliphatic carbocycles. The van der Waals surface area contributed by atoms with Gasteiger partial charge in [0.25, 0.3) is 0 Å². The Kier molecular flexibility index (Phi) is 4.86. The van der Waals surface area contributed by atoms with E-state index in [4.69, 9.17) is 9.47 Å². The Balaban J connectivity index is 1.58. The van der Waals surface area contributed by atoms with Crippen LogP contribution in [0.25, 0.3) is 0 Å². The summed E-state index contributed by atoms with van der Waals surface area (Å²) in [5.74, 6) is -0.417. The van der Waals surface area contributed by atoms with E-state index >= 15 is 0 Å². The summed E-state index contributed by atoms with van der Waals surface area (Å²) >= 11 is 3.46. The molecule has 2 saturated heterocycles. The van der Waals surface area contributed by atoms with Crippen LogP contribution in [0.5, 0.6) is 0 Å². The topological polar surface area (TPSA) is 87.8 Å². The number of aromatic nitrogens is 2. The van der Waals surface area contributed by atoms with Gasteiger partial charge in [-0.25, -0.2) is 9.59 Å². The SMILES string of the molecule is COC(=O)[C@@H]1COC(=O)N1C1CCN(Cc2[nH]ncc2Br)CC1. The van der Waals surface area contributed by atoms with Crippen molar-refractivity contribution >= 4 is 28.0 Å². The fourth-order valence-corrected chi connectivity index (χ4v) is 3.46. The fourth-order valence-electron chi connectivity index (χ4n) is 3.14. The minimum absolute atomic E-state index is 0.00978. The molecule has 9 heteroatoms. The fraction of sp³-hybridized carbons (Fsp3) is 0.643. The molecule has 0 unspecified atom stereocenters. The number of methoxy groups -OCH3 is 1. The summed E-state index contributed by atoms with van der Waals surface area (Å²) < 4.78 is 10.8. The number of piperidine rings is 1. The van der Waals surface area contributed by atoms with Gasteiger partial charge in [-0.05, 0) is 28.8 Å². The summed E-state index contributed by atoms with van der Waals surface area (Å²) in [7, 11) is 1.33. The molecule has 1 aromatic rings. The number of carbonyl (C=O) groups is 2. The Morgan fingerprint density at radius 2 is 2.26 bits per heavy atom. The Morgan fingerprint density at radius 3 is 2.87 bits per heavy atom. The number of carbonyl (C=O) groups excluding carboxylic acids is 2. The van der Waals surface area contributed by atoms with Gasteiger partial charge in [-0.2, -0.15) is 5.10 Å². The van der Waals surface area contributed by atoms with E-state index in [1.54, 1.807) is 11.1 Å². The van der Waals surface area contributed by atoms with E-state index in [2.05, 4.69) is 31.0 Å². The molecule has 0 saturated carbocycles. The number of nitrogens with zero attached hydrogens (tertiary/aromatic N) is 3. The van der Waals surface area contributed by atoms with Gasteiger partial charge in [-0.1, -0.05) is 0 Å². The van der Waals surface area contributed by atoms with Gasteiger partial charge in [0.05, 0.1) is 23.5 Å². The molecular formula is C14H19BrN4O4. The number of halogens is 1. The highest BCUT2D eigenvalue weighted by Gasteiger charge is 2.43. The predicted octanol–water partition coefficient (Wildman–Crippen LogP) is 1.13. The molecule has 0 bridgehead atoms. The number of amides is 1. The van der Waals surface area contributed by atoms with Crippen LogP contribution in [-0.4, -0.2) is 70.9 Å². The number of cyclic esters (lactones) is 1. The molecule has 8 nitrogen and oxygen atoms in total. The van der Waals surface area contributed by atoms with Gasteiger partial charge >= 0.3 is 12.1 Å². The first-order valence-electron chi connectivity index (χ1n) is 7.53. The third kappa shape index (κ3) is 3.35. The van der Waals surface area contributed by atoms with Gasteiger partial charge < -0.3 is 9.47 Å². The van der Waals surface area contributed by atoms with Gasteiger partial charge in [-0.3, -0.25) is 14.9 Å². The number of likely N-dealkylation sites (tertiary alicyclic amines) is 1. The molecule has 1 atom stereocenters. The standard InChI is InChI=1S/C14H19BrN4O4/c1-22-13(20)12-8-23-14(21)19(12)9-2-4-18(5-3-9)7-11-10(15)6-16-17-11/h6,9,12H,2-5,7-8H2,1H3,(H,16,17)/t12-/m0/s1. The van der Waals surface area contributed by atoms with Crippen LogP contribution in [0, 0.1) is 0 Å². The molecule has 1 aromatic heterocycles. The first kappa shape index (κ1) is 16.3.